The maximum atomic E-state index is 10.6. The van der Waals surface area contributed by atoms with E-state index in [1.807, 2.05) is 0 Å². The normalized spacial score (nSPS) is 13.5. The molecule has 0 aliphatic heterocycles. The SMILES string of the molecule is COCCN(CP(=O)(O)O)CP(=O)(O)O. The van der Waals surface area contributed by atoms with Crippen molar-refractivity contribution in [3.63, 3.8) is 0 Å². The first-order valence-electron chi connectivity index (χ1n) is 3.94. The standard InChI is InChI=1S/C5H15NO7P2/c1-13-3-2-6(4-14(7,8)9)5-15(10,11)12/h2-5H2,1H3,(H2,7,8,9)(H2,10,11,12). The van der Waals surface area contributed by atoms with Gasteiger partial charge in [-0.1, -0.05) is 0 Å². The molecule has 0 aromatic heterocycles. The fourth-order valence-electron chi connectivity index (χ4n) is 0.928. The van der Waals surface area contributed by atoms with E-state index in [9.17, 15) is 9.13 Å². The monoisotopic (exact) mass is 263 g/mol. The summed E-state index contributed by atoms with van der Waals surface area (Å²) in [7, 11) is -7.26. The molecule has 92 valence electrons. The number of hydrogen-bond donors (Lipinski definition) is 4. The minimum atomic E-state index is -4.32. The number of hydrogen-bond acceptors (Lipinski definition) is 4. The summed E-state index contributed by atoms with van der Waals surface area (Å²) < 4.78 is 26.0. The van der Waals surface area contributed by atoms with E-state index >= 15 is 0 Å². The van der Waals surface area contributed by atoms with Crippen LogP contribution in [-0.2, 0) is 13.9 Å². The van der Waals surface area contributed by atoms with Gasteiger partial charge in [0.25, 0.3) is 0 Å². The predicted molar refractivity (Wildman–Crippen MR) is 52.4 cm³/mol. The molecule has 0 radical (unpaired) electrons. The van der Waals surface area contributed by atoms with E-state index in [1.165, 1.54) is 7.11 Å². The van der Waals surface area contributed by atoms with E-state index in [4.69, 9.17) is 19.6 Å². The molecule has 4 N–H and O–H groups in total. The Labute approximate surface area is 87.2 Å². The summed E-state index contributed by atoms with van der Waals surface area (Å²) >= 11 is 0. The molecule has 0 fully saturated rings. The molecule has 0 heterocycles. The summed E-state index contributed by atoms with van der Waals surface area (Å²) in [6.45, 7) is 0.187. The van der Waals surface area contributed by atoms with Crippen LogP contribution in [0.25, 0.3) is 0 Å². The van der Waals surface area contributed by atoms with Crippen LogP contribution in [0.4, 0.5) is 0 Å². The van der Waals surface area contributed by atoms with Gasteiger partial charge in [0.1, 0.15) is 12.6 Å². The smallest absolute Gasteiger partial charge is 0.339 e. The molecule has 0 aliphatic rings. The van der Waals surface area contributed by atoms with Gasteiger partial charge in [-0.05, 0) is 0 Å². The van der Waals surface area contributed by atoms with Gasteiger partial charge in [0, 0.05) is 13.7 Å². The van der Waals surface area contributed by atoms with E-state index in [-0.39, 0.29) is 13.2 Å². The Balaban J connectivity index is 4.32. The molecule has 0 aromatic rings. The van der Waals surface area contributed by atoms with Crippen LogP contribution in [0.2, 0.25) is 0 Å². The number of ether oxygens (including phenoxy) is 1. The lowest BCUT2D eigenvalue weighted by atomic mass is 10.6. The predicted octanol–water partition coefficient (Wildman–Crippen LogP) is -0.795. The van der Waals surface area contributed by atoms with Crippen molar-refractivity contribution in [2.45, 2.75) is 0 Å². The maximum absolute atomic E-state index is 10.6. The Morgan fingerprint density at radius 3 is 1.73 bits per heavy atom. The van der Waals surface area contributed by atoms with Crippen LogP contribution >= 0.6 is 15.2 Å². The van der Waals surface area contributed by atoms with Gasteiger partial charge in [-0.3, -0.25) is 14.0 Å². The third kappa shape index (κ3) is 10.5. The Kier molecular flexibility index (Phi) is 6.17. The molecule has 0 atom stereocenters. The lowest BCUT2D eigenvalue weighted by Gasteiger charge is -2.22. The topological polar surface area (TPSA) is 128 Å². The number of rotatable bonds is 7. The number of methoxy groups -OCH3 is 1. The van der Waals surface area contributed by atoms with Crippen LogP contribution in [0.3, 0.4) is 0 Å². The molecule has 15 heavy (non-hydrogen) atoms. The minimum Gasteiger partial charge on any atom is -0.383 e. The molecule has 0 aliphatic carbocycles. The highest BCUT2D eigenvalue weighted by Crippen LogP contribution is 2.40. The molecule has 0 unspecified atom stereocenters. The van der Waals surface area contributed by atoms with Gasteiger partial charge >= 0.3 is 15.2 Å². The van der Waals surface area contributed by atoms with Crippen molar-refractivity contribution in [3.05, 3.63) is 0 Å². The Morgan fingerprint density at radius 2 is 1.47 bits per heavy atom. The molecule has 8 nitrogen and oxygen atoms in total. The van der Waals surface area contributed by atoms with E-state index < -0.39 is 27.8 Å². The molecule has 0 saturated heterocycles. The van der Waals surface area contributed by atoms with Gasteiger partial charge in [-0.25, -0.2) is 0 Å². The largest absolute Gasteiger partial charge is 0.383 e. The fraction of sp³-hybridized carbons (Fsp3) is 1.00. The van der Waals surface area contributed by atoms with Gasteiger partial charge in [0.05, 0.1) is 6.61 Å². The quantitative estimate of drug-likeness (QED) is 0.440. The molecule has 0 amide bonds. The molecule has 0 spiro atoms. The Hall–Kier alpha value is 0.220. The first kappa shape index (κ1) is 15.2. The summed E-state index contributed by atoms with van der Waals surface area (Å²) in [5.41, 5.74) is 0. The second kappa shape index (κ2) is 6.08. The van der Waals surface area contributed by atoms with E-state index in [0.29, 0.717) is 0 Å². The first-order chi connectivity index (χ1) is 6.64. The lowest BCUT2D eigenvalue weighted by molar-refractivity contribution is 0.158. The molecule has 0 bridgehead atoms. The van der Waals surface area contributed by atoms with Gasteiger partial charge < -0.3 is 24.3 Å². The second-order valence-electron chi connectivity index (χ2n) is 3.00. The van der Waals surface area contributed by atoms with Crippen LogP contribution in [0.1, 0.15) is 0 Å². The van der Waals surface area contributed by atoms with Crippen molar-refractivity contribution in [2.75, 3.05) is 32.8 Å². The fourth-order valence-corrected chi connectivity index (χ4v) is 2.61. The van der Waals surface area contributed by atoms with E-state index in [1.54, 1.807) is 0 Å². The van der Waals surface area contributed by atoms with Gasteiger partial charge in [-0.15, -0.1) is 0 Å². The third-order valence-corrected chi connectivity index (χ3v) is 2.92. The van der Waals surface area contributed by atoms with E-state index in [2.05, 4.69) is 4.74 Å². The zero-order chi connectivity index (χ0) is 12.1. The van der Waals surface area contributed by atoms with Crippen molar-refractivity contribution < 1.29 is 33.4 Å². The summed E-state index contributed by atoms with van der Waals surface area (Å²) in [6, 6.07) is 0. The van der Waals surface area contributed by atoms with Crippen molar-refractivity contribution in [3.8, 4) is 0 Å². The summed E-state index contributed by atoms with van der Waals surface area (Å²) in [5, 5.41) is 0. The van der Waals surface area contributed by atoms with Crippen molar-refractivity contribution in [1.29, 1.82) is 0 Å². The van der Waals surface area contributed by atoms with E-state index in [0.717, 1.165) is 4.90 Å². The van der Waals surface area contributed by atoms with Gasteiger partial charge in [-0.2, -0.15) is 0 Å². The van der Waals surface area contributed by atoms with Crippen molar-refractivity contribution in [2.24, 2.45) is 0 Å². The van der Waals surface area contributed by atoms with Crippen LogP contribution in [0.5, 0.6) is 0 Å². The highest BCUT2D eigenvalue weighted by molar-refractivity contribution is 7.52. The summed E-state index contributed by atoms with van der Waals surface area (Å²) in [6.07, 6.45) is -1.39. The van der Waals surface area contributed by atoms with Gasteiger partial charge in [0.2, 0.25) is 0 Å². The molecule has 0 rings (SSSR count). The third-order valence-electron chi connectivity index (χ3n) is 1.38. The first-order valence-corrected chi connectivity index (χ1v) is 7.54. The van der Waals surface area contributed by atoms with Crippen LogP contribution in [0, 0.1) is 0 Å². The highest BCUT2D eigenvalue weighted by atomic mass is 31.2. The highest BCUT2D eigenvalue weighted by Gasteiger charge is 2.25. The molecule has 0 aromatic carbocycles. The molecule has 0 saturated carbocycles. The maximum Gasteiger partial charge on any atom is 0.339 e. The van der Waals surface area contributed by atoms with Crippen molar-refractivity contribution >= 4 is 15.2 Å². The Bertz CT molecular complexity index is 247. The molecule has 10 heteroatoms. The Morgan fingerprint density at radius 1 is 1.07 bits per heavy atom. The second-order valence-corrected chi connectivity index (χ2v) is 6.22. The van der Waals surface area contributed by atoms with Gasteiger partial charge in [0.15, 0.2) is 0 Å². The summed E-state index contributed by atoms with van der Waals surface area (Å²) in [5.74, 6) is 0. The van der Waals surface area contributed by atoms with Crippen molar-refractivity contribution in [1.82, 2.24) is 4.90 Å². The zero-order valence-corrected chi connectivity index (χ0v) is 9.97. The zero-order valence-electron chi connectivity index (χ0n) is 8.18. The molecular weight excluding hydrogens is 248 g/mol. The average molecular weight is 263 g/mol. The lowest BCUT2D eigenvalue weighted by Crippen LogP contribution is -2.29. The van der Waals surface area contributed by atoms with Crippen LogP contribution in [-0.4, -0.2) is 57.3 Å². The molecular formula is C5H15NO7P2. The summed E-state index contributed by atoms with van der Waals surface area (Å²) in [4.78, 5) is 35.6. The minimum absolute atomic E-state index is 0.0483. The average Bonchev–Trinajstić information content (AvgIpc) is 1.94. The van der Waals surface area contributed by atoms with Crippen LogP contribution in [0.15, 0.2) is 0 Å². The van der Waals surface area contributed by atoms with Crippen LogP contribution < -0.4 is 0 Å². The number of nitrogens with zero attached hydrogens (tertiary/aromatic N) is 1.